The van der Waals surface area contributed by atoms with Crippen molar-refractivity contribution < 1.29 is 9.53 Å². The molecule has 3 rings (SSSR count). The zero-order chi connectivity index (χ0) is 13.9. The number of aryl methyl sites for hydroxylation is 1. The van der Waals surface area contributed by atoms with Crippen molar-refractivity contribution in [1.29, 1.82) is 0 Å². The van der Waals surface area contributed by atoms with Crippen molar-refractivity contribution in [1.82, 2.24) is 24.4 Å². The molecule has 0 bridgehead atoms. The molecule has 1 saturated heterocycles. The molecular weight excluding hydrogens is 258 g/mol. The summed E-state index contributed by atoms with van der Waals surface area (Å²) in [5.74, 6) is 0.347. The van der Waals surface area contributed by atoms with Crippen LogP contribution in [-0.4, -0.2) is 50.0 Å². The predicted octanol–water partition coefficient (Wildman–Crippen LogP) is 0.424. The Bertz CT molecular complexity index is 598. The summed E-state index contributed by atoms with van der Waals surface area (Å²) in [6.45, 7) is 1.50. The Morgan fingerprint density at radius 3 is 2.95 bits per heavy atom. The van der Waals surface area contributed by atoms with Gasteiger partial charge in [-0.25, -0.2) is 4.98 Å². The molecule has 0 spiro atoms. The predicted molar refractivity (Wildman–Crippen MR) is 69.8 cm³/mol. The summed E-state index contributed by atoms with van der Waals surface area (Å²) >= 11 is 0. The monoisotopic (exact) mass is 273 g/mol. The van der Waals surface area contributed by atoms with Gasteiger partial charge in [-0.3, -0.25) is 14.8 Å². The van der Waals surface area contributed by atoms with Gasteiger partial charge in [0.2, 0.25) is 0 Å². The molecule has 0 saturated carbocycles. The average molecular weight is 273 g/mol. The van der Waals surface area contributed by atoms with E-state index >= 15 is 0 Å². The van der Waals surface area contributed by atoms with Crippen LogP contribution in [-0.2, 0) is 11.8 Å². The van der Waals surface area contributed by atoms with E-state index in [4.69, 9.17) is 4.74 Å². The van der Waals surface area contributed by atoms with E-state index in [0.717, 1.165) is 5.69 Å². The van der Waals surface area contributed by atoms with Crippen LogP contribution in [0.2, 0.25) is 0 Å². The number of ether oxygens (including phenoxy) is 1. The first kappa shape index (κ1) is 12.7. The molecule has 0 N–H and O–H groups in total. The minimum absolute atomic E-state index is 0.0882. The van der Waals surface area contributed by atoms with Crippen molar-refractivity contribution in [3.8, 4) is 0 Å². The summed E-state index contributed by atoms with van der Waals surface area (Å²) in [6.07, 6.45) is 8.05. The first-order chi connectivity index (χ1) is 9.75. The Morgan fingerprint density at radius 2 is 2.25 bits per heavy atom. The molecule has 3 heterocycles. The van der Waals surface area contributed by atoms with Gasteiger partial charge in [-0.2, -0.15) is 0 Å². The quantitative estimate of drug-likeness (QED) is 0.793. The lowest BCUT2D eigenvalue weighted by Gasteiger charge is -2.32. The maximum atomic E-state index is 12.4. The molecule has 0 aromatic carbocycles. The third kappa shape index (κ3) is 2.39. The number of nitrogens with zero attached hydrogens (tertiary/aromatic N) is 5. The second kappa shape index (κ2) is 5.38. The number of carbonyl (C=O) groups is 1. The number of imidazole rings is 1. The van der Waals surface area contributed by atoms with Gasteiger partial charge < -0.3 is 14.2 Å². The number of morpholine rings is 1. The van der Waals surface area contributed by atoms with Crippen LogP contribution in [0.3, 0.4) is 0 Å². The lowest BCUT2D eigenvalue weighted by atomic mass is 10.2. The molecule has 0 aliphatic carbocycles. The van der Waals surface area contributed by atoms with Crippen LogP contribution in [0, 0.1) is 0 Å². The van der Waals surface area contributed by atoms with E-state index in [2.05, 4.69) is 15.0 Å². The van der Waals surface area contributed by atoms with E-state index in [1.54, 1.807) is 47.5 Å². The van der Waals surface area contributed by atoms with Crippen LogP contribution in [0.1, 0.15) is 22.4 Å². The van der Waals surface area contributed by atoms with Crippen LogP contribution in [0.5, 0.6) is 0 Å². The highest BCUT2D eigenvalue weighted by molar-refractivity contribution is 5.90. The molecule has 20 heavy (non-hydrogen) atoms. The van der Waals surface area contributed by atoms with Crippen molar-refractivity contribution in [3.63, 3.8) is 0 Å². The summed E-state index contributed by atoms with van der Waals surface area (Å²) in [4.78, 5) is 26.5. The Hall–Kier alpha value is -2.28. The molecule has 0 radical (unpaired) electrons. The minimum atomic E-state index is -0.235. The fourth-order valence-electron chi connectivity index (χ4n) is 2.20. The van der Waals surface area contributed by atoms with E-state index in [-0.39, 0.29) is 12.0 Å². The third-order valence-electron chi connectivity index (χ3n) is 3.28. The van der Waals surface area contributed by atoms with Crippen molar-refractivity contribution in [2.75, 3.05) is 19.7 Å². The molecule has 1 unspecified atom stereocenters. The number of amides is 1. The zero-order valence-corrected chi connectivity index (χ0v) is 11.1. The summed E-state index contributed by atoms with van der Waals surface area (Å²) in [7, 11) is 1.81. The Kier molecular flexibility index (Phi) is 3.42. The second-order valence-electron chi connectivity index (χ2n) is 4.60. The van der Waals surface area contributed by atoms with E-state index in [0.29, 0.717) is 25.5 Å². The molecule has 104 valence electrons. The van der Waals surface area contributed by atoms with Crippen LogP contribution < -0.4 is 0 Å². The largest absolute Gasteiger partial charge is 0.368 e. The van der Waals surface area contributed by atoms with Gasteiger partial charge in [0, 0.05) is 38.4 Å². The molecule has 7 heteroatoms. The van der Waals surface area contributed by atoms with Gasteiger partial charge in [0.15, 0.2) is 5.82 Å². The average Bonchev–Trinajstić information content (AvgIpc) is 2.94. The summed E-state index contributed by atoms with van der Waals surface area (Å²) in [5, 5.41) is 0. The highest BCUT2D eigenvalue weighted by Gasteiger charge is 2.28. The maximum absolute atomic E-state index is 12.4. The summed E-state index contributed by atoms with van der Waals surface area (Å²) in [6, 6.07) is 0. The first-order valence-electron chi connectivity index (χ1n) is 6.40. The van der Waals surface area contributed by atoms with Crippen molar-refractivity contribution in [2.24, 2.45) is 7.05 Å². The van der Waals surface area contributed by atoms with E-state index in [9.17, 15) is 4.79 Å². The van der Waals surface area contributed by atoms with Crippen LogP contribution in [0.4, 0.5) is 0 Å². The molecule has 2 aromatic heterocycles. The molecular formula is C13H15N5O2. The molecule has 1 amide bonds. The number of carbonyl (C=O) groups excluding carboxylic acids is 1. The number of rotatable bonds is 2. The topological polar surface area (TPSA) is 73.1 Å². The molecule has 7 nitrogen and oxygen atoms in total. The van der Waals surface area contributed by atoms with Gasteiger partial charge in [-0.05, 0) is 0 Å². The fourth-order valence-corrected chi connectivity index (χ4v) is 2.20. The molecule has 1 atom stereocenters. The summed E-state index contributed by atoms with van der Waals surface area (Å²) in [5.41, 5.74) is 0.741. The number of hydrogen-bond donors (Lipinski definition) is 0. The highest BCUT2D eigenvalue weighted by Crippen LogP contribution is 2.20. The minimum Gasteiger partial charge on any atom is -0.368 e. The SMILES string of the molecule is Cn1ccnc1C(=O)N1CCOC(c2cnccn2)C1. The first-order valence-corrected chi connectivity index (χ1v) is 6.40. The van der Waals surface area contributed by atoms with Crippen molar-refractivity contribution in [2.45, 2.75) is 6.10 Å². The lowest BCUT2D eigenvalue weighted by molar-refractivity contribution is -0.0254. The van der Waals surface area contributed by atoms with Gasteiger partial charge in [-0.15, -0.1) is 0 Å². The van der Waals surface area contributed by atoms with Gasteiger partial charge in [0.25, 0.3) is 5.91 Å². The number of aromatic nitrogens is 4. The zero-order valence-electron chi connectivity index (χ0n) is 11.1. The normalized spacial score (nSPS) is 19.1. The highest BCUT2D eigenvalue weighted by atomic mass is 16.5. The van der Waals surface area contributed by atoms with Crippen molar-refractivity contribution in [3.05, 3.63) is 42.5 Å². The Labute approximate surface area is 116 Å². The molecule has 2 aromatic rings. The van der Waals surface area contributed by atoms with Gasteiger partial charge in [0.05, 0.1) is 25.0 Å². The van der Waals surface area contributed by atoms with Crippen molar-refractivity contribution >= 4 is 5.91 Å². The van der Waals surface area contributed by atoms with Crippen LogP contribution in [0.15, 0.2) is 31.0 Å². The summed E-state index contributed by atoms with van der Waals surface area (Å²) < 4.78 is 7.39. The molecule has 1 aliphatic heterocycles. The second-order valence-corrected chi connectivity index (χ2v) is 4.60. The van der Waals surface area contributed by atoms with E-state index in [1.807, 2.05) is 0 Å². The lowest BCUT2D eigenvalue weighted by Crippen LogP contribution is -2.43. The third-order valence-corrected chi connectivity index (χ3v) is 3.28. The fraction of sp³-hybridized carbons (Fsp3) is 0.385. The van der Waals surface area contributed by atoms with E-state index < -0.39 is 0 Å². The van der Waals surface area contributed by atoms with E-state index in [1.165, 1.54) is 0 Å². The molecule has 1 aliphatic rings. The Morgan fingerprint density at radius 1 is 1.35 bits per heavy atom. The van der Waals surface area contributed by atoms with Gasteiger partial charge in [-0.1, -0.05) is 0 Å². The van der Waals surface area contributed by atoms with Crippen LogP contribution in [0.25, 0.3) is 0 Å². The molecule has 1 fully saturated rings. The maximum Gasteiger partial charge on any atom is 0.290 e. The number of hydrogen-bond acceptors (Lipinski definition) is 5. The van der Waals surface area contributed by atoms with Crippen LogP contribution >= 0.6 is 0 Å². The van der Waals surface area contributed by atoms with Gasteiger partial charge >= 0.3 is 0 Å². The Balaban J connectivity index is 1.76. The standard InChI is InChI=1S/C13H15N5O2/c1-17-5-4-16-12(17)13(19)18-6-7-20-11(9-18)10-8-14-2-3-15-10/h2-5,8,11H,6-7,9H2,1H3. The van der Waals surface area contributed by atoms with Gasteiger partial charge in [0.1, 0.15) is 6.10 Å². The smallest absolute Gasteiger partial charge is 0.290 e.